The van der Waals surface area contributed by atoms with Crippen molar-refractivity contribution in [2.45, 2.75) is 13.8 Å². The van der Waals surface area contributed by atoms with Crippen LogP contribution in [0.15, 0.2) is 72.3 Å². The van der Waals surface area contributed by atoms with Crippen molar-refractivity contribution in [2.75, 3.05) is 24.4 Å². The monoisotopic (exact) mass is 455 g/mol. The molecule has 34 heavy (non-hydrogen) atoms. The third-order valence-corrected chi connectivity index (χ3v) is 4.94. The number of ether oxygens (including phenoxy) is 2. The highest BCUT2D eigenvalue weighted by Crippen LogP contribution is 2.27. The number of para-hydroxylation sites is 1. The maximum absolute atomic E-state index is 12.7. The molecule has 0 saturated carbocycles. The molecule has 3 aromatic carbocycles. The number of aryl methyl sites for hydroxylation is 2. The highest BCUT2D eigenvalue weighted by atomic mass is 16.5. The van der Waals surface area contributed by atoms with Gasteiger partial charge in [0.05, 0.1) is 7.11 Å². The van der Waals surface area contributed by atoms with Crippen LogP contribution < -0.4 is 20.1 Å². The fourth-order valence-corrected chi connectivity index (χ4v) is 3.16. The topological polar surface area (TPSA) is 100 Å². The Morgan fingerprint density at radius 1 is 1.00 bits per heavy atom. The number of hydrogen-bond donors (Lipinski definition) is 2. The number of benzene rings is 3. The quantitative estimate of drug-likeness (QED) is 0.373. The zero-order chi connectivity index (χ0) is 24.5. The van der Waals surface area contributed by atoms with Crippen LogP contribution in [0.2, 0.25) is 0 Å². The fraction of sp³-hybridized carbons (Fsp3) is 0.148. The molecule has 172 valence electrons. The van der Waals surface area contributed by atoms with Crippen molar-refractivity contribution < 1.29 is 19.1 Å². The number of nitrogens with one attached hydrogen (secondary N) is 2. The molecule has 7 nitrogen and oxygen atoms in total. The van der Waals surface area contributed by atoms with E-state index in [-0.39, 0.29) is 18.1 Å². The summed E-state index contributed by atoms with van der Waals surface area (Å²) in [5.74, 6) is -0.0822. The van der Waals surface area contributed by atoms with Gasteiger partial charge in [-0.1, -0.05) is 30.3 Å². The zero-order valence-electron chi connectivity index (χ0n) is 19.2. The van der Waals surface area contributed by atoms with Crippen LogP contribution in [0.5, 0.6) is 11.5 Å². The molecule has 0 radical (unpaired) electrons. The van der Waals surface area contributed by atoms with Gasteiger partial charge in [-0.25, -0.2) is 0 Å². The SMILES string of the molecule is COc1ccc(/C=C(\C#N)C(=O)Nc2ccccc2C)c(OCC(=O)Nc2cccc(C)c2)c1. The fourth-order valence-electron chi connectivity index (χ4n) is 3.16. The van der Waals surface area contributed by atoms with Crippen LogP contribution in [-0.2, 0) is 9.59 Å². The Morgan fingerprint density at radius 2 is 1.79 bits per heavy atom. The van der Waals surface area contributed by atoms with Gasteiger partial charge >= 0.3 is 0 Å². The molecule has 0 bridgehead atoms. The number of amides is 2. The number of methoxy groups -OCH3 is 1. The van der Waals surface area contributed by atoms with Gasteiger partial charge in [0.15, 0.2) is 6.61 Å². The number of carbonyl (C=O) groups excluding carboxylic acids is 2. The Kier molecular flexibility index (Phi) is 8.03. The maximum Gasteiger partial charge on any atom is 0.266 e. The van der Waals surface area contributed by atoms with Crippen LogP contribution in [-0.4, -0.2) is 25.5 Å². The summed E-state index contributed by atoms with van der Waals surface area (Å²) in [7, 11) is 1.51. The van der Waals surface area contributed by atoms with Crippen LogP contribution in [0.4, 0.5) is 11.4 Å². The van der Waals surface area contributed by atoms with E-state index in [1.807, 2.05) is 50.2 Å². The molecule has 0 aromatic heterocycles. The average Bonchev–Trinajstić information content (AvgIpc) is 2.83. The Morgan fingerprint density at radius 3 is 2.50 bits per heavy atom. The second-order valence-corrected chi connectivity index (χ2v) is 7.55. The normalized spacial score (nSPS) is 10.7. The number of anilines is 2. The van der Waals surface area contributed by atoms with Crippen molar-refractivity contribution in [2.24, 2.45) is 0 Å². The summed E-state index contributed by atoms with van der Waals surface area (Å²) < 4.78 is 11.0. The van der Waals surface area contributed by atoms with Crippen molar-refractivity contribution in [1.29, 1.82) is 5.26 Å². The summed E-state index contributed by atoms with van der Waals surface area (Å²) in [6.07, 6.45) is 1.42. The molecule has 7 heteroatoms. The van der Waals surface area contributed by atoms with Crippen LogP contribution in [0.25, 0.3) is 6.08 Å². The summed E-state index contributed by atoms with van der Waals surface area (Å²) in [6, 6.07) is 21.6. The highest BCUT2D eigenvalue weighted by molar-refractivity contribution is 6.10. The van der Waals surface area contributed by atoms with Crippen molar-refractivity contribution >= 4 is 29.3 Å². The van der Waals surface area contributed by atoms with E-state index in [4.69, 9.17) is 9.47 Å². The van der Waals surface area contributed by atoms with E-state index in [9.17, 15) is 14.9 Å². The van der Waals surface area contributed by atoms with Gasteiger partial charge in [0.1, 0.15) is 23.1 Å². The lowest BCUT2D eigenvalue weighted by atomic mass is 10.1. The molecule has 0 aliphatic carbocycles. The number of nitriles is 1. The standard InChI is InChI=1S/C27H25N3O4/c1-18-7-6-9-22(13-18)29-26(31)17-34-25-15-23(33-3)12-11-20(25)14-21(16-28)27(32)30-24-10-5-4-8-19(24)2/h4-15H,17H2,1-3H3,(H,29,31)(H,30,32)/b21-14+. The van der Waals surface area contributed by atoms with Crippen molar-refractivity contribution in [3.63, 3.8) is 0 Å². The van der Waals surface area contributed by atoms with Gasteiger partial charge < -0.3 is 20.1 Å². The third kappa shape index (κ3) is 6.47. The minimum absolute atomic E-state index is 0.109. The van der Waals surface area contributed by atoms with E-state index < -0.39 is 5.91 Å². The minimum atomic E-state index is -0.546. The molecule has 0 unspecified atom stereocenters. The second-order valence-electron chi connectivity index (χ2n) is 7.55. The first-order valence-electron chi connectivity index (χ1n) is 10.6. The van der Waals surface area contributed by atoms with E-state index >= 15 is 0 Å². The molecule has 2 N–H and O–H groups in total. The van der Waals surface area contributed by atoms with Crippen LogP contribution in [0.3, 0.4) is 0 Å². The van der Waals surface area contributed by atoms with Crippen molar-refractivity contribution in [3.8, 4) is 17.6 Å². The van der Waals surface area contributed by atoms with Crippen molar-refractivity contribution in [3.05, 3.63) is 89.0 Å². The predicted molar refractivity (Wildman–Crippen MR) is 132 cm³/mol. The average molecular weight is 456 g/mol. The molecule has 2 amide bonds. The van der Waals surface area contributed by atoms with Gasteiger partial charge in [-0.3, -0.25) is 9.59 Å². The number of nitrogens with zero attached hydrogens (tertiary/aromatic N) is 1. The summed E-state index contributed by atoms with van der Waals surface area (Å²) >= 11 is 0. The molecule has 3 aromatic rings. The van der Waals surface area contributed by atoms with Gasteiger partial charge in [-0.15, -0.1) is 0 Å². The van der Waals surface area contributed by atoms with Crippen LogP contribution in [0, 0.1) is 25.2 Å². The molecule has 0 fully saturated rings. The largest absolute Gasteiger partial charge is 0.497 e. The highest BCUT2D eigenvalue weighted by Gasteiger charge is 2.14. The lowest BCUT2D eigenvalue weighted by Crippen LogP contribution is -2.20. The predicted octanol–water partition coefficient (Wildman–Crippen LogP) is 4.88. The molecule has 0 saturated heterocycles. The second kappa shape index (κ2) is 11.3. The molecular formula is C27H25N3O4. The Balaban J connectivity index is 1.78. The smallest absolute Gasteiger partial charge is 0.266 e. The Labute approximate surface area is 198 Å². The van der Waals surface area contributed by atoms with Gasteiger partial charge in [-0.2, -0.15) is 5.26 Å². The first kappa shape index (κ1) is 24.1. The first-order chi connectivity index (χ1) is 16.4. The molecule has 3 rings (SSSR count). The van der Waals surface area contributed by atoms with Gasteiger partial charge in [-0.05, 0) is 61.4 Å². The summed E-state index contributed by atoms with van der Waals surface area (Å²) in [4.78, 5) is 25.1. The summed E-state index contributed by atoms with van der Waals surface area (Å²) in [6.45, 7) is 3.53. The van der Waals surface area contributed by atoms with E-state index in [0.29, 0.717) is 28.4 Å². The van der Waals surface area contributed by atoms with Crippen LogP contribution in [0.1, 0.15) is 16.7 Å². The number of carbonyl (C=O) groups is 2. The number of hydrogen-bond acceptors (Lipinski definition) is 5. The summed E-state index contributed by atoms with van der Waals surface area (Å²) in [5.41, 5.74) is 3.53. The molecular weight excluding hydrogens is 430 g/mol. The lowest BCUT2D eigenvalue weighted by Gasteiger charge is -2.12. The lowest BCUT2D eigenvalue weighted by molar-refractivity contribution is -0.118. The van der Waals surface area contributed by atoms with Gasteiger partial charge in [0.2, 0.25) is 0 Å². The molecule has 0 aliphatic heterocycles. The molecule has 0 heterocycles. The number of rotatable bonds is 8. The Hall–Kier alpha value is -4.57. The molecule has 0 atom stereocenters. The zero-order valence-corrected chi connectivity index (χ0v) is 19.2. The van der Waals surface area contributed by atoms with Gasteiger partial charge in [0, 0.05) is 23.0 Å². The Bertz CT molecular complexity index is 1270. The van der Waals surface area contributed by atoms with E-state index in [1.165, 1.54) is 13.2 Å². The van der Waals surface area contributed by atoms with Crippen molar-refractivity contribution in [1.82, 2.24) is 0 Å². The molecule has 0 spiro atoms. The van der Waals surface area contributed by atoms with Gasteiger partial charge in [0.25, 0.3) is 11.8 Å². The first-order valence-corrected chi connectivity index (χ1v) is 10.6. The summed E-state index contributed by atoms with van der Waals surface area (Å²) in [5, 5.41) is 15.1. The van der Waals surface area contributed by atoms with E-state index in [1.54, 1.807) is 36.4 Å². The molecule has 0 aliphatic rings. The van der Waals surface area contributed by atoms with Crippen LogP contribution >= 0.6 is 0 Å². The minimum Gasteiger partial charge on any atom is -0.497 e. The van der Waals surface area contributed by atoms with E-state index in [0.717, 1.165) is 11.1 Å². The maximum atomic E-state index is 12.7. The third-order valence-electron chi connectivity index (χ3n) is 4.94. The van der Waals surface area contributed by atoms with E-state index in [2.05, 4.69) is 10.6 Å².